The molecular formula is C25H32N6O3S. The van der Waals surface area contributed by atoms with E-state index in [2.05, 4.69) is 14.9 Å². The van der Waals surface area contributed by atoms with Gasteiger partial charge in [0, 0.05) is 68.8 Å². The Labute approximate surface area is 206 Å². The molecule has 2 fully saturated rings. The molecule has 1 unspecified atom stereocenters. The number of fused-ring (bicyclic) bond motifs is 1. The lowest BCUT2D eigenvalue weighted by atomic mass is 10.1. The number of hydrogen-bond donors (Lipinski definition) is 0. The highest BCUT2D eigenvalue weighted by atomic mass is 32.2. The van der Waals surface area contributed by atoms with Crippen LogP contribution in [0.2, 0.25) is 0 Å². The third-order valence-electron chi connectivity index (χ3n) is 7.08. The first-order chi connectivity index (χ1) is 17.0. The van der Waals surface area contributed by atoms with E-state index < -0.39 is 10.0 Å². The second kappa shape index (κ2) is 9.94. The number of piperidine rings is 1. The van der Waals surface area contributed by atoms with Crippen molar-refractivity contribution in [3.8, 4) is 0 Å². The molecule has 1 atom stereocenters. The van der Waals surface area contributed by atoms with Crippen LogP contribution in [0.25, 0.3) is 10.9 Å². The lowest BCUT2D eigenvalue weighted by molar-refractivity contribution is -0.135. The van der Waals surface area contributed by atoms with Gasteiger partial charge in [-0.3, -0.25) is 4.79 Å². The number of carbonyl (C=O) groups is 1. The van der Waals surface area contributed by atoms with Crippen LogP contribution in [0.1, 0.15) is 38.6 Å². The van der Waals surface area contributed by atoms with E-state index in [4.69, 9.17) is 0 Å². The Morgan fingerprint density at radius 1 is 0.971 bits per heavy atom. The van der Waals surface area contributed by atoms with Gasteiger partial charge in [-0.15, -0.1) is 0 Å². The highest BCUT2D eigenvalue weighted by molar-refractivity contribution is 7.89. The van der Waals surface area contributed by atoms with Crippen molar-refractivity contribution in [3.63, 3.8) is 0 Å². The van der Waals surface area contributed by atoms with Crippen molar-refractivity contribution in [1.29, 1.82) is 0 Å². The largest absolute Gasteiger partial charge is 0.337 e. The summed E-state index contributed by atoms with van der Waals surface area (Å²) in [5.74, 6) is 0.780. The number of carbonyl (C=O) groups excluding carboxylic acids is 1. The predicted molar refractivity (Wildman–Crippen MR) is 135 cm³/mol. The van der Waals surface area contributed by atoms with E-state index in [1.807, 2.05) is 34.7 Å². The number of piperazine rings is 1. The smallest absolute Gasteiger partial charge is 0.245 e. The summed E-state index contributed by atoms with van der Waals surface area (Å²) >= 11 is 0. The fraction of sp³-hybridized carbons (Fsp3) is 0.480. The molecule has 0 N–H and O–H groups in total. The Balaban J connectivity index is 1.33. The molecule has 186 valence electrons. The van der Waals surface area contributed by atoms with Crippen LogP contribution >= 0.6 is 0 Å². The molecule has 1 amide bonds. The molecule has 35 heavy (non-hydrogen) atoms. The van der Waals surface area contributed by atoms with E-state index >= 15 is 0 Å². The van der Waals surface area contributed by atoms with E-state index in [9.17, 15) is 13.2 Å². The highest BCUT2D eigenvalue weighted by Crippen LogP contribution is 2.28. The molecule has 10 heteroatoms. The zero-order valence-electron chi connectivity index (χ0n) is 20.1. The Morgan fingerprint density at radius 3 is 2.37 bits per heavy atom. The maximum absolute atomic E-state index is 13.5. The summed E-state index contributed by atoms with van der Waals surface area (Å²) in [5, 5.41) is 0.834. The topological polar surface area (TPSA) is 91.6 Å². The molecule has 9 nitrogen and oxygen atoms in total. The molecule has 2 saturated heterocycles. The monoisotopic (exact) mass is 496 g/mol. The minimum atomic E-state index is -3.50. The van der Waals surface area contributed by atoms with Crippen molar-refractivity contribution < 1.29 is 13.2 Å². The van der Waals surface area contributed by atoms with Gasteiger partial charge in [0.15, 0.2) is 0 Å². The normalized spacial score (nSPS) is 18.7. The number of rotatable bonds is 6. The van der Waals surface area contributed by atoms with Crippen molar-refractivity contribution in [3.05, 3.63) is 48.9 Å². The first-order valence-corrected chi connectivity index (χ1v) is 13.8. The van der Waals surface area contributed by atoms with E-state index in [0.717, 1.165) is 30.2 Å². The van der Waals surface area contributed by atoms with Crippen molar-refractivity contribution in [2.75, 3.05) is 44.2 Å². The zero-order chi connectivity index (χ0) is 24.4. The van der Waals surface area contributed by atoms with Crippen LogP contribution in [0.3, 0.4) is 0 Å². The highest BCUT2D eigenvalue weighted by Gasteiger charge is 2.30. The van der Waals surface area contributed by atoms with Gasteiger partial charge in [-0.2, -0.15) is 4.31 Å². The SMILES string of the molecule is CCC(C(=O)N1CCN(c2ncccn2)CC1)n1ccc2cc(S(=O)(=O)N3CCCCC3)ccc21. The minimum absolute atomic E-state index is 0.0867. The molecule has 4 heterocycles. The third kappa shape index (κ3) is 4.64. The standard InChI is InChI=1S/C25H32N6O3S/c1-2-22(24(32)28-15-17-29(18-16-28)25-26-10-6-11-27-25)31-14-9-20-19-21(7-8-23(20)31)35(33,34)30-12-4-3-5-13-30/h6-11,14,19,22H,2-5,12-13,15-18H2,1H3. The number of amides is 1. The number of sulfonamides is 1. The number of aromatic nitrogens is 3. The average molecular weight is 497 g/mol. The second-order valence-corrected chi connectivity index (χ2v) is 11.1. The van der Waals surface area contributed by atoms with E-state index in [1.54, 1.807) is 34.9 Å². The van der Waals surface area contributed by atoms with Crippen LogP contribution < -0.4 is 4.90 Å². The van der Waals surface area contributed by atoms with Crippen LogP contribution in [-0.2, 0) is 14.8 Å². The van der Waals surface area contributed by atoms with Crippen molar-refractivity contribution >= 4 is 32.8 Å². The molecule has 5 rings (SSSR count). The van der Waals surface area contributed by atoms with Gasteiger partial charge in [-0.05, 0) is 49.6 Å². The first-order valence-electron chi connectivity index (χ1n) is 12.4. The molecule has 0 saturated carbocycles. The lowest BCUT2D eigenvalue weighted by Crippen LogP contribution is -2.51. The van der Waals surface area contributed by atoms with Gasteiger partial charge in [0.05, 0.1) is 4.90 Å². The van der Waals surface area contributed by atoms with Gasteiger partial charge in [-0.25, -0.2) is 18.4 Å². The van der Waals surface area contributed by atoms with Crippen molar-refractivity contribution in [1.82, 2.24) is 23.7 Å². The molecule has 2 aromatic heterocycles. The second-order valence-electron chi connectivity index (χ2n) is 9.19. The molecule has 1 aromatic carbocycles. The summed E-state index contributed by atoms with van der Waals surface area (Å²) in [7, 11) is -3.50. The van der Waals surface area contributed by atoms with Gasteiger partial charge >= 0.3 is 0 Å². The number of benzene rings is 1. The zero-order valence-corrected chi connectivity index (χ0v) is 20.9. The van der Waals surface area contributed by atoms with Gasteiger partial charge in [0.25, 0.3) is 0 Å². The summed E-state index contributed by atoms with van der Waals surface area (Å²) in [6.45, 7) is 5.79. The maximum Gasteiger partial charge on any atom is 0.245 e. The summed E-state index contributed by atoms with van der Waals surface area (Å²) in [6, 6.07) is 8.63. The molecule has 2 aliphatic heterocycles. The van der Waals surface area contributed by atoms with Crippen LogP contribution in [0.4, 0.5) is 5.95 Å². The molecule has 0 radical (unpaired) electrons. The van der Waals surface area contributed by atoms with E-state index in [1.165, 1.54) is 0 Å². The molecule has 0 aliphatic carbocycles. The van der Waals surface area contributed by atoms with Gasteiger partial charge < -0.3 is 14.4 Å². The average Bonchev–Trinajstić information content (AvgIpc) is 3.33. The first kappa shape index (κ1) is 23.7. The van der Waals surface area contributed by atoms with Gasteiger partial charge in [0.1, 0.15) is 6.04 Å². The summed E-state index contributed by atoms with van der Waals surface area (Å²) in [5.41, 5.74) is 0.874. The summed E-state index contributed by atoms with van der Waals surface area (Å²) in [4.78, 5) is 26.5. The lowest BCUT2D eigenvalue weighted by Gasteiger charge is -2.36. The fourth-order valence-corrected chi connectivity index (χ4v) is 6.66. The third-order valence-corrected chi connectivity index (χ3v) is 8.97. The maximum atomic E-state index is 13.5. The Bertz CT molecular complexity index is 1280. The molecule has 2 aliphatic rings. The fourth-order valence-electron chi connectivity index (χ4n) is 5.11. The van der Waals surface area contributed by atoms with Crippen LogP contribution in [0, 0.1) is 0 Å². The van der Waals surface area contributed by atoms with E-state index in [-0.39, 0.29) is 11.9 Å². The molecular weight excluding hydrogens is 464 g/mol. The van der Waals surface area contributed by atoms with Gasteiger partial charge in [-0.1, -0.05) is 13.3 Å². The number of hydrogen-bond acceptors (Lipinski definition) is 6. The van der Waals surface area contributed by atoms with E-state index in [0.29, 0.717) is 56.5 Å². The summed E-state index contributed by atoms with van der Waals surface area (Å²) < 4.78 is 29.8. The van der Waals surface area contributed by atoms with Crippen LogP contribution in [-0.4, -0.2) is 77.3 Å². The van der Waals surface area contributed by atoms with Crippen LogP contribution in [0.5, 0.6) is 0 Å². The number of anilines is 1. The number of nitrogens with zero attached hydrogens (tertiary/aromatic N) is 6. The van der Waals surface area contributed by atoms with Crippen LogP contribution in [0.15, 0.2) is 53.8 Å². The summed E-state index contributed by atoms with van der Waals surface area (Å²) in [6.07, 6.45) is 8.91. The Kier molecular flexibility index (Phi) is 6.75. The molecule has 0 bridgehead atoms. The minimum Gasteiger partial charge on any atom is -0.337 e. The quantitative estimate of drug-likeness (QED) is 0.521. The Morgan fingerprint density at radius 2 is 1.69 bits per heavy atom. The van der Waals surface area contributed by atoms with Gasteiger partial charge in [0.2, 0.25) is 21.9 Å². The van der Waals surface area contributed by atoms with Crippen molar-refractivity contribution in [2.45, 2.75) is 43.5 Å². The predicted octanol–water partition coefficient (Wildman–Crippen LogP) is 2.91. The Hall–Kier alpha value is -2.98. The van der Waals surface area contributed by atoms with Crippen molar-refractivity contribution in [2.24, 2.45) is 0 Å². The molecule has 0 spiro atoms. The molecule has 3 aromatic rings.